The first-order chi connectivity index (χ1) is 11.6. The molecule has 0 aliphatic rings. The lowest BCUT2D eigenvalue weighted by Crippen LogP contribution is -2.35. The van der Waals surface area contributed by atoms with E-state index in [4.69, 9.17) is 21.0 Å². The Bertz CT molecular complexity index is 511. The number of nitrogens with zero attached hydrogens (tertiary/aromatic N) is 4. The van der Waals surface area contributed by atoms with E-state index in [1.54, 1.807) is 0 Å². The van der Waals surface area contributed by atoms with Crippen LogP contribution in [0.15, 0.2) is 0 Å². The average Bonchev–Trinajstić information content (AvgIpc) is 2.59. The molecule has 0 aliphatic carbocycles. The minimum absolute atomic E-state index is 0.157. The summed E-state index contributed by atoms with van der Waals surface area (Å²) in [7, 11) is -3.75. The number of thiocyanates is 4. The Balaban J connectivity index is 4.60. The van der Waals surface area contributed by atoms with Crippen LogP contribution in [0.5, 0.6) is 0 Å². The van der Waals surface area contributed by atoms with Crippen LogP contribution in [0, 0.1) is 42.7 Å². The number of hydrogen-bond acceptors (Lipinski definition) is 16. The molecule has 24 heavy (non-hydrogen) atoms. The van der Waals surface area contributed by atoms with E-state index < -0.39 is 26.6 Å². The minimum atomic E-state index is -1.87. The maximum Gasteiger partial charge on any atom is 0.740 e. The molecule has 0 heterocycles. The van der Waals surface area contributed by atoms with Crippen LogP contribution in [0.4, 0.5) is 0 Å². The molecule has 0 aromatic rings. The lowest BCUT2D eigenvalue weighted by atomic mass is 10.2. The second kappa shape index (κ2) is 14.8. The van der Waals surface area contributed by atoms with Crippen LogP contribution in [-0.2, 0) is 35.3 Å². The van der Waals surface area contributed by atoms with Gasteiger partial charge in [0.25, 0.3) is 0 Å². The second-order valence-corrected chi connectivity index (χ2v) is 4.64. The molecular formula is C6B2N4O8S4. The van der Waals surface area contributed by atoms with Gasteiger partial charge in [0.1, 0.15) is 48.2 Å². The van der Waals surface area contributed by atoms with Gasteiger partial charge in [0.2, 0.25) is 0 Å². The Morgan fingerprint density at radius 1 is 0.625 bits per heavy atom. The topological polar surface area (TPSA) is 185 Å². The van der Waals surface area contributed by atoms with Crippen molar-refractivity contribution in [3.05, 3.63) is 0 Å². The van der Waals surface area contributed by atoms with Crippen LogP contribution < -0.4 is 0 Å². The summed E-state index contributed by atoms with van der Waals surface area (Å²) in [4.78, 5) is 22.9. The first-order valence-corrected chi connectivity index (χ1v) is 7.82. The first-order valence-electron chi connectivity index (χ1n) is 4.86. The summed E-state index contributed by atoms with van der Waals surface area (Å²) < 4.78 is 26.8. The van der Waals surface area contributed by atoms with E-state index in [1.165, 1.54) is 21.6 Å². The Kier molecular flexibility index (Phi) is 13.8. The van der Waals surface area contributed by atoms with Gasteiger partial charge < -0.3 is 9.31 Å². The molecule has 0 radical (unpaired) electrons. The van der Waals surface area contributed by atoms with Crippen molar-refractivity contribution < 1.29 is 35.3 Å². The second-order valence-electron chi connectivity index (χ2n) is 2.47. The zero-order valence-electron chi connectivity index (χ0n) is 10.8. The van der Waals surface area contributed by atoms with E-state index in [0.717, 1.165) is 0 Å². The molecule has 0 bridgehead atoms. The molecular weight excluding hydrogens is 406 g/mol. The molecule has 122 valence electrons. The molecule has 0 aromatic heterocycles. The zero-order chi connectivity index (χ0) is 18.2. The van der Waals surface area contributed by atoms with E-state index in [1.807, 2.05) is 0 Å². The van der Waals surface area contributed by atoms with Crippen molar-refractivity contribution in [2.24, 2.45) is 0 Å². The normalized spacial score (nSPS) is 8.67. The Hall–Kier alpha value is -1.73. The van der Waals surface area contributed by atoms with Crippen molar-refractivity contribution in [3.63, 3.8) is 0 Å². The van der Waals surface area contributed by atoms with E-state index in [9.17, 15) is 9.59 Å². The Morgan fingerprint density at radius 3 is 1.08 bits per heavy atom. The Labute approximate surface area is 152 Å². The molecule has 0 amide bonds. The van der Waals surface area contributed by atoms with Crippen LogP contribution in [0.25, 0.3) is 0 Å². The molecule has 0 atom stereocenters. The first kappa shape index (κ1) is 22.3. The molecule has 12 nitrogen and oxygen atoms in total. The molecule has 0 aliphatic heterocycles. The SMILES string of the molecule is N#CSOB(OSC#N)OC(=O)C(=O)OB(OSC#N)OSC#N. The third-order valence-corrected chi connectivity index (χ3v) is 2.54. The van der Waals surface area contributed by atoms with Gasteiger partial charge in [-0.2, -0.15) is 21.0 Å². The summed E-state index contributed by atoms with van der Waals surface area (Å²) in [5.41, 5.74) is 0. The maximum absolute atomic E-state index is 11.5. The van der Waals surface area contributed by atoms with Crippen LogP contribution in [0.1, 0.15) is 0 Å². The highest BCUT2D eigenvalue weighted by molar-refractivity contribution is 8.01. The number of rotatable bonds is 10. The number of carbonyl (C=O) groups excluding carboxylic acids is 2. The van der Waals surface area contributed by atoms with Gasteiger partial charge in [-0.05, 0) is 0 Å². The van der Waals surface area contributed by atoms with Gasteiger partial charge in [0, 0.05) is 0 Å². The molecule has 0 N–H and O–H groups in total. The van der Waals surface area contributed by atoms with Gasteiger partial charge in [-0.15, -0.1) is 0 Å². The van der Waals surface area contributed by atoms with E-state index in [0.29, 0.717) is 0 Å². The highest BCUT2D eigenvalue weighted by atomic mass is 32.2. The van der Waals surface area contributed by atoms with E-state index in [2.05, 4.69) is 25.7 Å². The predicted octanol–water partition coefficient (Wildman–Crippen LogP) is 0.626. The molecule has 0 rings (SSSR count). The van der Waals surface area contributed by atoms with Gasteiger partial charge in [-0.3, -0.25) is 16.4 Å². The van der Waals surface area contributed by atoms with Crippen molar-refractivity contribution in [2.75, 3.05) is 0 Å². The summed E-state index contributed by atoms with van der Waals surface area (Å²) in [6.45, 7) is 0. The number of carbonyl (C=O) groups is 2. The molecule has 0 saturated heterocycles. The largest absolute Gasteiger partial charge is 0.740 e. The van der Waals surface area contributed by atoms with Crippen LogP contribution in [0.3, 0.4) is 0 Å². The zero-order valence-corrected chi connectivity index (χ0v) is 14.1. The summed E-state index contributed by atoms with van der Waals surface area (Å²) in [6, 6.07) is 0. The molecule has 18 heteroatoms. The van der Waals surface area contributed by atoms with Gasteiger partial charge >= 0.3 is 26.6 Å². The third kappa shape index (κ3) is 10.9. The van der Waals surface area contributed by atoms with Crippen LogP contribution >= 0.6 is 48.2 Å². The van der Waals surface area contributed by atoms with Gasteiger partial charge in [0.05, 0.1) is 0 Å². The predicted molar refractivity (Wildman–Crippen MR) is 80.8 cm³/mol. The molecule has 0 spiro atoms. The van der Waals surface area contributed by atoms with Gasteiger partial charge in [-0.1, -0.05) is 0 Å². The smallest absolute Gasteiger partial charge is 0.475 e. The lowest BCUT2D eigenvalue weighted by molar-refractivity contribution is -0.158. The lowest BCUT2D eigenvalue weighted by Gasteiger charge is -2.10. The number of nitriles is 4. The quantitative estimate of drug-likeness (QED) is 0.213. The fraction of sp³-hybridized carbons (Fsp3) is 0. The highest BCUT2D eigenvalue weighted by Gasteiger charge is 2.37. The molecule has 0 saturated carbocycles. The molecule has 0 fully saturated rings. The van der Waals surface area contributed by atoms with E-state index >= 15 is 0 Å². The van der Waals surface area contributed by atoms with Crippen molar-refractivity contribution in [2.45, 2.75) is 0 Å². The minimum Gasteiger partial charge on any atom is -0.475 e. The summed E-state index contributed by atoms with van der Waals surface area (Å²) in [6.07, 6.45) is 0. The van der Waals surface area contributed by atoms with Crippen molar-refractivity contribution in [3.8, 4) is 21.6 Å². The summed E-state index contributed by atoms with van der Waals surface area (Å²) in [5, 5.41) is 39.1. The van der Waals surface area contributed by atoms with Gasteiger partial charge in [-0.25, -0.2) is 9.59 Å². The average molecular weight is 406 g/mol. The van der Waals surface area contributed by atoms with E-state index in [-0.39, 0.29) is 48.2 Å². The maximum atomic E-state index is 11.5. The van der Waals surface area contributed by atoms with Crippen molar-refractivity contribution in [1.82, 2.24) is 0 Å². The van der Waals surface area contributed by atoms with Crippen LogP contribution in [-0.4, -0.2) is 26.6 Å². The van der Waals surface area contributed by atoms with Crippen molar-refractivity contribution >= 4 is 74.8 Å². The monoisotopic (exact) mass is 406 g/mol. The third-order valence-electron chi connectivity index (χ3n) is 1.23. The highest BCUT2D eigenvalue weighted by Crippen LogP contribution is 2.13. The fourth-order valence-electron chi connectivity index (χ4n) is 0.625. The fourth-order valence-corrected chi connectivity index (χ4v) is 1.52. The summed E-state index contributed by atoms with van der Waals surface area (Å²) in [5.74, 6) is -3.31. The number of hydrogen-bond donors (Lipinski definition) is 0. The van der Waals surface area contributed by atoms with Gasteiger partial charge in [0.15, 0.2) is 21.6 Å². The Morgan fingerprint density at radius 2 is 0.875 bits per heavy atom. The molecule has 0 unspecified atom stereocenters. The van der Waals surface area contributed by atoms with Crippen molar-refractivity contribution in [1.29, 1.82) is 21.0 Å². The molecule has 0 aromatic carbocycles. The van der Waals surface area contributed by atoms with Crippen LogP contribution in [0.2, 0.25) is 0 Å². The summed E-state index contributed by atoms with van der Waals surface area (Å²) >= 11 is 0.627. The standard InChI is InChI=1S/C6B2N4O8S4/c9-1-21-17-7(18-22-2-10)15-5(13)6(14)16-8(19-23-3-11)20-24-4-12.